The highest BCUT2D eigenvalue weighted by Gasteiger charge is 2.35. The van der Waals surface area contributed by atoms with Gasteiger partial charge in [-0.15, -0.1) is 0 Å². The highest BCUT2D eigenvalue weighted by molar-refractivity contribution is 6.05. The maximum absolute atomic E-state index is 12.5. The summed E-state index contributed by atoms with van der Waals surface area (Å²) in [6.45, 7) is 0.696. The average Bonchev–Trinajstić information content (AvgIpc) is 3.14. The van der Waals surface area contributed by atoms with Crippen molar-refractivity contribution in [2.24, 2.45) is 0 Å². The van der Waals surface area contributed by atoms with Crippen LogP contribution < -0.4 is 15.4 Å². The number of nitrogens with one attached hydrogen (secondary N) is 2. The zero-order valence-electron chi connectivity index (χ0n) is 13.6. The third-order valence-corrected chi connectivity index (χ3v) is 4.57. The predicted octanol–water partition coefficient (Wildman–Crippen LogP) is 0.827. The molecule has 2 aliphatic heterocycles. The summed E-state index contributed by atoms with van der Waals surface area (Å²) >= 11 is 0. The standard InChI is InChI=1S/C17H21N3O4/c1-24-13-6-4-11(5-7-13)9-12-3-2-8-20(12)15(21)10-14-16(22)19-17(23)18-14/h4-7,12,14H,2-3,8-10H2,1H3,(H2,18,19,22,23)/t12-,14-/m0/s1. The van der Waals surface area contributed by atoms with Gasteiger partial charge in [0.1, 0.15) is 11.8 Å². The van der Waals surface area contributed by atoms with Crippen LogP contribution >= 0.6 is 0 Å². The Morgan fingerprint density at radius 3 is 2.67 bits per heavy atom. The Kier molecular flexibility index (Phi) is 4.69. The van der Waals surface area contributed by atoms with E-state index in [4.69, 9.17) is 4.74 Å². The Bertz CT molecular complexity index is 644. The van der Waals surface area contributed by atoms with Crippen molar-refractivity contribution >= 4 is 17.8 Å². The van der Waals surface area contributed by atoms with Crippen molar-refractivity contribution < 1.29 is 19.1 Å². The van der Waals surface area contributed by atoms with Gasteiger partial charge in [-0.2, -0.15) is 0 Å². The molecular weight excluding hydrogens is 310 g/mol. The minimum absolute atomic E-state index is 0.0106. The molecule has 0 saturated carbocycles. The summed E-state index contributed by atoms with van der Waals surface area (Å²) in [5.74, 6) is 0.286. The quantitative estimate of drug-likeness (QED) is 0.782. The fourth-order valence-electron chi connectivity index (χ4n) is 3.30. The van der Waals surface area contributed by atoms with Crippen LogP contribution in [0.3, 0.4) is 0 Å². The third kappa shape index (κ3) is 3.50. The number of rotatable bonds is 5. The minimum Gasteiger partial charge on any atom is -0.497 e. The van der Waals surface area contributed by atoms with E-state index in [2.05, 4.69) is 10.6 Å². The lowest BCUT2D eigenvalue weighted by Gasteiger charge is -2.25. The molecule has 2 atom stereocenters. The first-order valence-electron chi connectivity index (χ1n) is 8.10. The number of imide groups is 1. The van der Waals surface area contributed by atoms with E-state index >= 15 is 0 Å². The van der Waals surface area contributed by atoms with Crippen LogP contribution in [0.2, 0.25) is 0 Å². The van der Waals surface area contributed by atoms with E-state index in [-0.39, 0.29) is 18.4 Å². The number of carbonyl (C=O) groups is 3. The number of amides is 4. The molecule has 7 heteroatoms. The van der Waals surface area contributed by atoms with Gasteiger partial charge in [-0.25, -0.2) is 4.79 Å². The number of hydrogen-bond acceptors (Lipinski definition) is 4. The van der Waals surface area contributed by atoms with Gasteiger partial charge in [-0.05, 0) is 37.0 Å². The van der Waals surface area contributed by atoms with E-state index in [1.807, 2.05) is 29.2 Å². The number of likely N-dealkylation sites (tertiary alicyclic amines) is 1. The largest absolute Gasteiger partial charge is 0.497 e. The number of nitrogens with zero attached hydrogens (tertiary/aromatic N) is 1. The third-order valence-electron chi connectivity index (χ3n) is 4.57. The van der Waals surface area contributed by atoms with E-state index in [0.717, 1.165) is 30.6 Å². The van der Waals surface area contributed by atoms with Gasteiger partial charge in [0.2, 0.25) is 5.91 Å². The van der Waals surface area contributed by atoms with Crippen molar-refractivity contribution in [3.8, 4) is 5.75 Å². The fourth-order valence-corrected chi connectivity index (χ4v) is 3.30. The van der Waals surface area contributed by atoms with Crippen molar-refractivity contribution in [2.45, 2.75) is 37.8 Å². The summed E-state index contributed by atoms with van der Waals surface area (Å²) in [5, 5.41) is 4.63. The van der Waals surface area contributed by atoms with Gasteiger partial charge >= 0.3 is 6.03 Å². The normalized spacial score (nSPS) is 23.1. The second-order valence-corrected chi connectivity index (χ2v) is 6.15. The topological polar surface area (TPSA) is 87.7 Å². The molecule has 24 heavy (non-hydrogen) atoms. The molecule has 2 N–H and O–H groups in total. The lowest BCUT2D eigenvalue weighted by atomic mass is 10.0. The predicted molar refractivity (Wildman–Crippen MR) is 86.5 cm³/mol. The molecule has 2 aliphatic rings. The molecular formula is C17H21N3O4. The van der Waals surface area contributed by atoms with Gasteiger partial charge in [0.15, 0.2) is 0 Å². The number of methoxy groups -OCH3 is 1. The Balaban J connectivity index is 1.60. The molecule has 4 amide bonds. The zero-order chi connectivity index (χ0) is 17.1. The molecule has 128 valence electrons. The summed E-state index contributed by atoms with van der Waals surface area (Å²) in [5.41, 5.74) is 1.15. The summed E-state index contributed by atoms with van der Waals surface area (Å²) < 4.78 is 5.15. The lowest BCUT2D eigenvalue weighted by molar-refractivity contribution is -0.134. The molecule has 2 heterocycles. The van der Waals surface area contributed by atoms with Gasteiger partial charge in [0.05, 0.1) is 13.5 Å². The highest BCUT2D eigenvalue weighted by Crippen LogP contribution is 2.23. The molecule has 0 spiro atoms. The van der Waals surface area contributed by atoms with Crippen molar-refractivity contribution in [1.82, 2.24) is 15.5 Å². The number of benzene rings is 1. The van der Waals surface area contributed by atoms with Crippen LogP contribution in [0.15, 0.2) is 24.3 Å². The van der Waals surface area contributed by atoms with Crippen LogP contribution in [0.4, 0.5) is 4.79 Å². The van der Waals surface area contributed by atoms with E-state index in [0.29, 0.717) is 6.54 Å². The Hall–Kier alpha value is -2.57. The first-order valence-corrected chi connectivity index (χ1v) is 8.10. The first kappa shape index (κ1) is 16.3. The maximum atomic E-state index is 12.5. The van der Waals surface area contributed by atoms with Gasteiger partial charge in [-0.3, -0.25) is 14.9 Å². The smallest absolute Gasteiger partial charge is 0.322 e. The molecule has 1 aromatic carbocycles. The number of hydrogen-bond donors (Lipinski definition) is 2. The first-order chi connectivity index (χ1) is 11.6. The summed E-state index contributed by atoms with van der Waals surface area (Å²) in [6, 6.07) is 6.67. The molecule has 1 aromatic rings. The van der Waals surface area contributed by atoms with Crippen LogP contribution in [0.5, 0.6) is 5.75 Å². The maximum Gasteiger partial charge on any atom is 0.322 e. The van der Waals surface area contributed by atoms with Crippen LogP contribution in [0, 0.1) is 0 Å². The molecule has 0 aromatic heterocycles. The second kappa shape index (κ2) is 6.90. The summed E-state index contributed by atoms with van der Waals surface area (Å²) in [4.78, 5) is 37.1. The van der Waals surface area contributed by atoms with Crippen LogP contribution in [-0.4, -0.2) is 48.5 Å². The molecule has 7 nitrogen and oxygen atoms in total. The Morgan fingerprint density at radius 2 is 2.04 bits per heavy atom. The van der Waals surface area contributed by atoms with Gasteiger partial charge < -0.3 is 15.0 Å². The van der Waals surface area contributed by atoms with Crippen molar-refractivity contribution in [1.29, 1.82) is 0 Å². The van der Waals surface area contributed by atoms with Crippen molar-refractivity contribution in [2.75, 3.05) is 13.7 Å². The van der Waals surface area contributed by atoms with E-state index in [1.165, 1.54) is 0 Å². The summed E-state index contributed by atoms with van der Waals surface area (Å²) in [7, 11) is 1.63. The fraction of sp³-hybridized carbons (Fsp3) is 0.471. The Morgan fingerprint density at radius 1 is 1.29 bits per heavy atom. The Labute approximate surface area is 140 Å². The van der Waals surface area contributed by atoms with Crippen LogP contribution in [-0.2, 0) is 16.0 Å². The highest BCUT2D eigenvalue weighted by atomic mass is 16.5. The lowest BCUT2D eigenvalue weighted by Crippen LogP contribution is -2.41. The SMILES string of the molecule is COc1ccc(C[C@@H]2CCCN2C(=O)C[C@@H]2NC(=O)NC2=O)cc1. The summed E-state index contributed by atoms with van der Waals surface area (Å²) in [6.07, 6.45) is 2.69. The molecule has 0 unspecified atom stereocenters. The van der Waals surface area contributed by atoms with E-state index < -0.39 is 18.0 Å². The van der Waals surface area contributed by atoms with Gasteiger partial charge in [0, 0.05) is 12.6 Å². The number of carbonyl (C=O) groups excluding carboxylic acids is 3. The molecule has 3 rings (SSSR count). The van der Waals surface area contributed by atoms with Crippen molar-refractivity contribution in [3.05, 3.63) is 29.8 Å². The van der Waals surface area contributed by atoms with Gasteiger partial charge in [0.25, 0.3) is 5.91 Å². The molecule has 2 fully saturated rings. The molecule has 0 aliphatic carbocycles. The number of urea groups is 1. The average molecular weight is 331 g/mol. The van der Waals surface area contributed by atoms with Crippen molar-refractivity contribution in [3.63, 3.8) is 0 Å². The van der Waals surface area contributed by atoms with E-state index in [1.54, 1.807) is 7.11 Å². The minimum atomic E-state index is -0.757. The van der Waals surface area contributed by atoms with Crippen LogP contribution in [0.25, 0.3) is 0 Å². The second-order valence-electron chi connectivity index (χ2n) is 6.15. The van der Waals surface area contributed by atoms with E-state index in [9.17, 15) is 14.4 Å². The molecule has 2 saturated heterocycles. The van der Waals surface area contributed by atoms with Crippen LogP contribution in [0.1, 0.15) is 24.8 Å². The van der Waals surface area contributed by atoms with Gasteiger partial charge in [-0.1, -0.05) is 12.1 Å². The molecule has 0 bridgehead atoms. The number of ether oxygens (including phenoxy) is 1. The molecule has 0 radical (unpaired) electrons. The zero-order valence-corrected chi connectivity index (χ0v) is 13.6. The monoisotopic (exact) mass is 331 g/mol.